The molecular weight excluding hydrogens is 304 g/mol. The van der Waals surface area contributed by atoms with Crippen LogP contribution in [0, 0.1) is 17.0 Å². The van der Waals surface area contributed by atoms with Crippen molar-refractivity contribution in [3.8, 4) is 5.75 Å². The van der Waals surface area contributed by atoms with Gasteiger partial charge in [-0.25, -0.2) is 15.8 Å². The molecule has 0 spiro atoms. The Labute approximate surface area is 130 Å². The maximum Gasteiger partial charge on any atom is 0.310 e. The summed E-state index contributed by atoms with van der Waals surface area (Å²) in [7, 11) is 0. The highest BCUT2D eigenvalue weighted by Crippen LogP contribution is 2.27. The van der Waals surface area contributed by atoms with Crippen molar-refractivity contribution >= 4 is 17.5 Å². The predicted molar refractivity (Wildman–Crippen MR) is 80.3 cm³/mol. The molecule has 0 unspecified atom stereocenters. The van der Waals surface area contributed by atoms with Gasteiger partial charge in [0.2, 0.25) is 5.95 Å². The van der Waals surface area contributed by atoms with E-state index in [0.717, 1.165) is 0 Å². The average Bonchev–Trinajstić information content (AvgIpc) is 2.51. The van der Waals surface area contributed by atoms with Gasteiger partial charge in [-0.15, -0.1) is 0 Å². The summed E-state index contributed by atoms with van der Waals surface area (Å²) in [5.41, 5.74) is 7.97. The summed E-state index contributed by atoms with van der Waals surface area (Å²) < 4.78 is 5.42. The van der Waals surface area contributed by atoms with Crippen molar-refractivity contribution in [1.82, 2.24) is 15.4 Å². The maximum atomic E-state index is 11.8. The Morgan fingerprint density at radius 3 is 2.74 bits per heavy atom. The van der Waals surface area contributed by atoms with Crippen molar-refractivity contribution in [2.75, 3.05) is 5.73 Å². The van der Waals surface area contributed by atoms with Crippen LogP contribution in [0.25, 0.3) is 0 Å². The molecule has 0 aliphatic rings. The van der Waals surface area contributed by atoms with Crippen LogP contribution in [-0.4, -0.2) is 20.8 Å². The van der Waals surface area contributed by atoms with Gasteiger partial charge >= 0.3 is 5.69 Å². The minimum atomic E-state index is -0.608. The number of aryl methyl sites for hydroxylation is 1. The van der Waals surface area contributed by atoms with Crippen LogP contribution in [0.4, 0.5) is 11.6 Å². The molecule has 1 heterocycles. The third-order valence-corrected chi connectivity index (χ3v) is 2.97. The molecule has 1 aromatic carbocycles. The van der Waals surface area contributed by atoms with Crippen LogP contribution in [0.3, 0.4) is 0 Å². The van der Waals surface area contributed by atoms with E-state index in [9.17, 15) is 14.9 Å². The lowest BCUT2D eigenvalue weighted by Crippen LogP contribution is -2.32. The Kier molecular flexibility index (Phi) is 4.66. The van der Waals surface area contributed by atoms with Crippen LogP contribution in [0.5, 0.6) is 5.75 Å². The first-order valence-electron chi connectivity index (χ1n) is 6.44. The quantitative estimate of drug-likeness (QED) is 0.310. The number of amides is 1. The number of nitro benzene ring substituents is 1. The van der Waals surface area contributed by atoms with Gasteiger partial charge in [-0.3, -0.25) is 20.3 Å². The summed E-state index contributed by atoms with van der Waals surface area (Å²) in [5, 5.41) is 11.0. The van der Waals surface area contributed by atoms with E-state index in [-0.39, 0.29) is 35.2 Å². The lowest BCUT2D eigenvalue weighted by molar-refractivity contribution is -0.385. The van der Waals surface area contributed by atoms with Gasteiger partial charge in [-0.05, 0) is 13.0 Å². The van der Waals surface area contributed by atoms with Gasteiger partial charge in [0, 0.05) is 6.07 Å². The minimum Gasteiger partial charge on any atom is -0.480 e. The van der Waals surface area contributed by atoms with Crippen molar-refractivity contribution in [2.24, 2.45) is 5.84 Å². The lowest BCUT2D eigenvalue weighted by Gasteiger charge is -2.12. The van der Waals surface area contributed by atoms with E-state index in [4.69, 9.17) is 16.3 Å². The van der Waals surface area contributed by atoms with Gasteiger partial charge in [0.25, 0.3) is 5.91 Å². The Morgan fingerprint density at radius 1 is 1.39 bits per heavy atom. The number of nitrogens with one attached hydrogen (secondary N) is 1. The van der Waals surface area contributed by atoms with Gasteiger partial charge in [-0.2, -0.15) is 0 Å². The second kappa shape index (κ2) is 6.66. The average molecular weight is 318 g/mol. The molecule has 0 fully saturated rings. The standard InChI is InChI=1S/C13H14N6O4/c1-7-11(12(20)18-15)8(17-13(14)16-7)6-23-10-5-3-2-4-9(10)19(21)22/h2-5H,6,15H2,1H3,(H,18,20)(H2,14,16,17). The fourth-order valence-corrected chi connectivity index (χ4v) is 2.00. The molecule has 10 nitrogen and oxygen atoms in total. The first-order chi connectivity index (χ1) is 10.9. The number of para-hydroxylation sites is 2. The van der Waals surface area contributed by atoms with Gasteiger partial charge < -0.3 is 10.5 Å². The fraction of sp³-hybridized carbons (Fsp3) is 0.154. The molecule has 1 aromatic heterocycles. The number of nitrogen functional groups attached to an aromatic ring is 2. The zero-order chi connectivity index (χ0) is 17.0. The van der Waals surface area contributed by atoms with Crippen molar-refractivity contribution in [3.05, 3.63) is 51.3 Å². The second-order valence-corrected chi connectivity index (χ2v) is 4.48. The van der Waals surface area contributed by atoms with E-state index in [1.54, 1.807) is 13.0 Å². The summed E-state index contributed by atoms with van der Waals surface area (Å²) in [4.78, 5) is 30.1. The number of carbonyl (C=O) groups excluding carboxylic acids is 1. The summed E-state index contributed by atoms with van der Waals surface area (Å²) >= 11 is 0. The number of nitro groups is 1. The van der Waals surface area contributed by atoms with E-state index in [2.05, 4.69) is 9.97 Å². The summed E-state index contributed by atoms with van der Waals surface area (Å²) in [6.45, 7) is 1.36. The number of hydrogen-bond acceptors (Lipinski definition) is 8. The molecule has 2 rings (SSSR count). The van der Waals surface area contributed by atoms with E-state index in [1.165, 1.54) is 18.2 Å². The number of ether oxygens (including phenoxy) is 1. The predicted octanol–water partition coefficient (Wildman–Crippen LogP) is 0.458. The third-order valence-electron chi connectivity index (χ3n) is 2.97. The highest BCUT2D eigenvalue weighted by atomic mass is 16.6. The van der Waals surface area contributed by atoms with E-state index in [0.29, 0.717) is 5.69 Å². The molecule has 120 valence electrons. The Hall–Kier alpha value is -3.27. The smallest absolute Gasteiger partial charge is 0.310 e. The van der Waals surface area contributed by atoms with Gasteiger partial charge in [0.05, 0.1) is 21.9 Å². The monoisotopic (exact) mass is 318 g/mol. The number of anilines is 1. The molecule has 5 N–H and O–H groups in total. The van der Waals surface area contributed by atoms with Crippen molar-refractivity contribution in [1.29, 1.82) is 0 Å². The number of benzene rings is 1. The topological polar surface area (TPSA) is 159 Å². The molecule has 23 heavy (non-hydrogen) atoms. The van der Waals surface area contributed by atoms with Crippen LogP contribution < -0.4 is 21.7 Å². The van der Waals surface area contributed by atoms with E-state index >= 15 is 0 Å². The largest absolute Gasteiger partial charge is 0.480 e. The molecule has 0 saturated carbocycles. The van der Waals surface area contributed by atoms with Crippen LogP contribution in [-0.2, 0) is 6.61 Å². The normalized spacial score (nSPS) is 10.2. The van der Waals surface area contributed by atoms with Crippen LogP contribution in [0.1, 0.15) is 21.7 Å². The van der Waals surface area contributed by atoms with Crippen molar-refractivity contribution < 1.29 is 14.5 Å². The molecule has 0 bridgehead atoms. The van der Waals surface area contributed by atoms with Gasteiger partial charge in [0.15, 0.2) is 5.75 Å². The van der Waals surface area contributed by atoms with Crippen molar-refractivity contribution in [3.63, 3.8) is 0 Å². The zero-order valence-electron chi connectivity index (χ0n) is 12.1. The second-order valence-electron chi connectivity index (χ2n) is 4.48. The number of rotatable bonds is 5. The van der Waals surface area contributed by atoms with Gasteiger partial charge in [-0.1, -0.05) is 12.1 Å². The van der Waals surface area contributed by atoms with Crippen LogP contribution >= 0.6 is 0 Å². The highest BCUT2D eigenvalue weighted by molar-refractivity contribution is 5.95. The molecule has 2 aromatic rings. The lowest BCUT2D eigenvalue weighted by atomic mass is 10.1. The Morgan fingerprint density at radius 2 is 2.09 bits per heavy atom. The minimum absolute atomic E-state index is 0.0442. The number of aromatic nitrogens is 2. The summed E-state index contributed by atoms with van der Waals surface area (Å²) in [5.74, 6) is 4.53. The highest BCUT2D eigenvalue weighted by Gasteiger charge is 2.20. The number of carbonyl (C=O) groups is 1. The molecule has 0 saturated heterocycles. The summed E-state index contributed by atoms with van der Waals surface area (Å²) in [6, 6.07) is 5.86. The SMILES string of the molecule is Cc1nc(N)nc(COc2ccccc2[N+](=O)[O-])c1C(=O)NN. The molecule has 0 radical (unpaired) electrons. The first-order valence-corrected chi connectivity index (χ1v) is 6.44. The van der Waals surface area contributed by atoms with Crippen LogP contribution in [0.2, 0.25) is 0 Å². The molecular formula is C13H14N6O4. The Bertz CT molecular complexity index is 764. The maximum absolute atomic E-state index is 11.8. The first kappa shape index (κ1) is 16.1. The number of hydrazine groups is 1. The molecule has 1 amide bonds. The van der Waals surface area contributed by atoms with E-state index < -0.39 is 10.8 Å². The van der Waals surface area contributed by atoms with Crippen LogP contribution in [0.15, 0.2) is 24.3 Å². The Balaban J connectivity index is 2.34. The number of hydrogen-bond donors (Lipinski definition) is 3. The van der Waals surface area contributed by atoms with Crippen molar-refractivity contribution in [2.45, 2.75) is 13.5 Å². The number of nitrogens with zero attached hydrogens (tertiary/aromatic N) is 3. The third kappa shape index (κ3) is 3.49. The van der Waals surface area contributed by atoms with E-state index in [1.807, 2.05) is 5.43 Å². The molecule has 0 aliphatic heterocycles. The summed E-state index contributed by atoms with van der Waals surface area (Å²) in [6.07, 6.45) is 0. The number of nitrogens with two attached hydrogens (primary N) is 2. The fourth-order valence-electron chi connectivity index (χ4n) is 2.00. The zero-order valence-corrected chi connectivity index (χ0v) is 12.1. The van der Waals surface area contributed by atoms with Gasteiger partial charge in [0.1, 0.15) is 6.61 Å². The molecule has 10 heteroatoms. The molecule has 0 aliphatic carbocycles. The molecule has 0 atom stereocenters.